The molecule has 1 aliphatic heterocycles. The molecule has 3 N–H and O–H groups in total. The number of hydrogen-bond acceptors (Lipinski definition) is 5. The van der Waals surface area contributed by atoms with E-state index in [0.29, 0.717) is 0 Å². The van der Waals surface area contributed by atoms with Gasteiger partial charge in [0.05, 0.1) is 6.10 Å². The quantitative estimate of drug-likeness (QED) is 0.689. The Kier molecular flexibility index (Phi) is 7.14. The van der Waals surface area contributed by atoms with E-state index in [1.54, 1.807) is 11.3 Å². The third kappa shape index (κ3) is 6.47. The van der Waals surface area contributed by atoms with Crippen molar-refractivity contribution in [3.63, 3.8) is 0 Å². The van der Waals surface area contributed by atoms with Crippen LogP contribution < -0.4 is 0 Å². The normalized spacial score (nSPS) is 16.3. The molecule has 0 saturated carbocycles. The summed E-state index contributed by atoms with van der Waals surface area (Å²) < 4.78 is 1.18. The number of carbonyl (C=O) groups is 2. The molecule has 0 radical (unpaired) electrons. The Morgan fingerprint density at radius 2 is 1.85 bits per heavy atom. The van der Waals surface area contributed by atoms with Crippen molar-refractivity contribution in [3.05, 3.63) is 20.8 Å². The lowest BCUT2D eigenvalue weighted by Crippen LogP contribution is -2.35. The largest absolute Gasteiger partial charge is 0.473 e. The van der Waals surface area contributed by atoms with Gasteiger partial charge in [0.1, 0.15) is 0 Å². The number of likely N-dealkylation sites (tertiary alicyclic amines) is 1. The van der Waals surface area contributed by atoms with Crippen LogP contribution in [0.3, 0.4) is 0 Å². The van der Waals surface area contributed by atoms with Crippen molar-refractivity contribution in [3.8, 4) is 0 Å². The van der Waals surface area contributed by atoms with Gasteiger partial charge < -0.3 is 15.3 Å². The van der Waals surface area contributed by atoms with Crippen LogP contribution in [0.1, 0.15) is 17.7 Å². The minimum Gasteiger partial charge on any atom is -0.473 e. The molecule has 0 atom stereocenters. The molecular weight excluding hydrogens is 350 g/mol. The second kappa shape index (κ2) is 8.35. The second-order valence-electron chi connectivity index (χ2n) is 4.35. The maximum absolute atomic E-state index is 9.37. The molecule has 112 valence electrons. The molecule has 1 saturated heterocycles. The van der Waals surface area contributed by atoms with E-state index in [2.05, 4.69) is 32.3 Å². The zero-order valence-electron chi connectivity index (χ0n) is 10.7. The molecule has 0 unspecified atom stereocenters. The minimum absolute atomic E-state index is 0.0682. The van der Waals surface area contributed by atoms with Gasteiger partial charge in [-0.1, -0.05) is 0 Å². The summed E-state index contributed by atoms with van der Waals surface area (Å²) in [5, 5.41) is 26.3. The lowest BCUT2D eigenvalue weighted by atomic mass is 10.1. The fourth-order valence-electron chi connectivity index (χ4n) is 1.73. The van der Waals surface area contributed by atoms with E-state index >= 15 is 0 Å². The number of nitrogens with zero attached hydrogens (tertiary/aromatic N) is 1. The van der Waals surface area contributed by atoms with Crippen molar-refractivity contribution < 1.29 is 24.9 Å². The highest BCUT2D eigenvalue weighted by atomic mass is 79.9. The number of hydrogen-bond donors (Lipinski definition) is 3. The van der Waals surface area contributed by atoms with Crippen LogP contribution in [0.2, 0.25) is 0 Å². The number of rotatable bonds is 2. The van der Waals surface area contributed by atoms with Gasteiger partial charge in [-0.3, -0.25) is 4.90 Å². The summed E-state index contributed by atoms with van der Waals surface area (Å²) in [7, 11) is 0. The average Bonchev–Trinajstić information content (AvgIpc) is 2.78. The van der Waals surface area contributed by atoms with Crippen LogP contribution in [0, 0.1) is 0 Å². The van der Waals surface area contributed by atoms with Crippen LogP contribution in [0.25, 0.3) is 0 Å². The Morgan fingerprint density at radius 1 is 1.30 bits per heavy atom. The third-order valence-corrected chi connectivity index (χ3v) is 4.42. The fourth-order valence-corrected chi connectivity index (χ4v) is 3.23. The first kappa shape index (κ1) is 17.1. The summed E-state index contributed by atoms with van der Waals surface area (Å²) in [5.41, 5.74) is 0. The van der Waals surface area contributed by atoms with Crippen LogP contribution in [0.5, 0.6) is 0 Å². The number of aliphatic carboxylic acids is 2. The maximum Gasteiger partial charge on any atom is 0.414 e. The number of aliphatic hydroxyl groups excluding tert-OH is 1. The van der Waals surface area contributed by atoms with Gasteiger partial charge >= 0.3 is 11.9 Å². The van der Waals surface area contributed by atoms with Crippen molar-refractivity contribution in [1.82, 2.24) is 4.90 Å². The predicted molar refractivity (Wildman–Crippen MR) is 77.8 cm³/mol. The molecule has 2 heterocycles. The number of carboxylic acid groups (broad SMARTS) is 2. The van der Waals surface area contributed by atoms with Crippen LogP contribution in [0.4, 0.5) is 0 Å². The highest BCUT2D eigenvalue weighted by molar-refractivity contribution is 9.10. The van der Waals surface area contributed by atoms with Crippen molar-refractivity contribution >= 4 is 39.2 Å². The summed E-state index contributed by atoms with van der Waals surface area (Å²) in [6.45, 7) is 3.08. The van der Waals surface area contributed by atoms with Crippen LogP contribution >= 0.6 is 27.3 Å². The third-order valence-electron chi connectivity index (χ3n) is 2.74. The van der Waals surface area contributed by atoms with Gasteiger partial charge in [0, 0.05) is 34.4 Å². The van der Waals surface area contributed by atoms with Gasteiger partial charge in [0.15, 0.2) is 0 Å². The second-order valence-corrected chi connectivity index (χ2v) is 6.26. The topological polar surface area (TPSA) is 98.1 Å². The molecule has 2 rings (SSSR count). The SMILES string of the molecule is O=C(O)C(=O)O.OC1CCN(Cc2cc(Br)cs2)CC1. The van der Waals surface area contributed by atoms with Crippen molar-refractivity contribution in [2.24, 2.45) is 0 Å². The van der Waals surface area contributed by atoms with Gasteiger partial charge in [0.2, 0.25) is 0 Å². The van der Waals surface area contributed by atoms with E-state index < -0.39 is 11.9 Å². The molecule has 8 heteroatoms. The van der Waals surface area contributed by atoms with Gasteiger partial charge in [-0.25, -0.2) is 9.59 Å². The predicted octanol–water partition coefficient (Wildman–Crippen LogP) is 1.62. The van der Waals surface area contributed by atoms with Crippen molar-refractivity contribution in [2.45, 2.75) is 25.5 Å². The maximum atomic E-state index is 9.37. The molecule has 1 aromatic rings. The van der Waals surface area contributed by atoms with Gasteiger partial charge in [-0.15, -0.1) is 11.3 Å². The highest BCUT2D eigenvalue weighted by Crippen LogP contribution is 2.22. The van der Waals surface area contributed by atoms with Gasteiger partial charge in [0.25, 0.3) is 0 Å². The van der Waals surface area contributed by atoms with Crippen molar-refractivity contribution in [2.75, 3.05) is 13.1 Å². The van der Waals surface area contributed by atoms with Crippen LogP contribution in [0.15, 0.2) is 15.9 Å². The first-order valence-electron chi connectivity index (χ1n) is 5.98. The first-order valence-corrected chi connectivity index (χ1v) is 7.65. The van der Waals surface area contributed by atoms with Crippen molar-refractivity contribution in [1.29, 1.82) is 0 Å². The van der Waals surface area contributed by atoms with Gasteiger partial charge in [-0.05, 0) is 34.8 Å². The summed E-state index contributed by atoms with van der Waals surface area (Å²) in [4.78, 5) is 22.0. The zero-order valence-corrected chi connectivity index (χ0v) is 13.1. The molecule has 0 aromatic carbocycles. The van der Waals surface area contributed by atoms with E-state index in [0.717, 1.165) is 32.5 Å². The molecule has 6 nitrogen and oxygen atoms in total. The van der Waals surface area contributed by atoms with E-state index in [9.17, 15) is 5.11 Å². The zero-order chi connectivity index (χ0) is 15.1. The number of carboxylic acids is 2. The summed E-state index contributed by atoms with van der Waals surface area (Å²) in [5.74, 6) is -3.65. The summed E-state index contributed by atoms with van der Waals surface area (Å²) >= 11 is 5.25. The molecule has 1 aliphatic rings. The molecule has 0 spiro atoms. The average molecular weight is 366 g/mol. The molecule has 20 heavy (non-hydrogen) atoms. The lowest BCUT2D eigenvalue weighted by Gasteiger charge is -2.28. The smallest absolute Gasteiger partial charge is 0.414 e. The Morgan fingerprint density at radius 3 is 2.25 bits per heavy atom. The summed E-state index contributed by atoms with van der Waals surface area (Å²) in [6, 6.07) is 2.18. The lowest BCUT2D eigenvalue weighted by molar-refractivity contribution is -0.159. The Bertz CT molecular complexity index is 444. The van der Waals surface area contributed by atoms with Crippen LogP contribution in [-0.4, -0.2) is 51.4 Å². The Balaban J connectivity index is 0.000000286. The molecule has 0 amide bonds. The van der Waals surface area contributed by atoms with E-state index in [4.69, 9.17) is 19.8 Å². The Labute approximate surface area is 128 Å². The number of thiophene rings is 1. The number of piperidine rings is 1. The highest BCUT2D eigenvalue weighted by Gasteiger charge is 2.17. The minimum atomic E-state index is -1.82. The monoisotopic (exact) mass is 365 g/mol. The van der Waals surface area contributed by atoms with E-state index in [1.807, 2.05) is 0 Å². The molecule has 1 aromatic heterocycles. The number of halogens is 1. The van der Waals surface area contributed by atoms with E-state index in [1.165, 1.54) is 9.35 Å². The molecule has 0 aliphatic carbocycles. The Hall–Kier alpha value is -0.960. The number of aliphatic hydroxyl groups is 1. The fraction of sp³-hybridized carbons (Fsp3) is 0.500. The van der Waals surface area contributed by atoms with Crippen LogP contribution in [-0.2, 0) is 16.1 Å². The molecule has 1 fully saturated rings. The standard InChI is InChI=1S/C10H14BrNOS.C2H2O4/c11-8-5-10(14-7-8)6-12-3-1-9(13)2-4-12;3-1(4)2(5)6/h5,7,9,13H,1-4,6H2;(H,3,4)(H,5,6). The van der Waals surface area contributed by atoms with Gasteiger partial charge in [-0.2, -0.15) is 0 Å². The van der Waals surface area contributed by atoms with E-state index in [-0.39, 0.29) is 6.10 Å². The molecule has 0 bridgehead atoms. The first-order chi connectivity index (χ1) is 9.38. The molecular formula is C12H16BrNO5S. The summed E-state index contributed by atoms with van der Waals surface area (Å²) in [6.07, 6.45) is 1.78.